The van der Waals surface area contributed by atoms with Crippen LogP contribution < -0.4 is 14.8 Å². The third-order valence-corrected chi connectivity index (χ3v) is 4.89. The molecule has 2 fully saturated rings. The number of halogens is 1. The first-order chi connectivity index (χ1) is 11.5. The molecule has 2 aliphatic rings. The SMILES string of the molecule is COc1cc(NC(=O)[C@@H]2[C@@H](C(=O)O)[C@H]3CC[C@H]2O3)c(OC)cc1Cl. The van der Waals surface area contributed by atoms with Gasteiger partial charge in [-0.1, -0.05) is 11.6 Å². The summed E-state index contributed by atoms with van der Waals surface area (Å²) in [6, 6.07) is 3.07. The Kier molecular flexibility index (Phi) is 4.56. The summed E-state index contributed by atoms with van der Waals surface area (Å²) in [5.41, 5.74) is 0.371. The molecule has 2 heterocycles. The second kappa shape index (κ2) is 6.49. The van der Waals surface area contributed by atoms with Gasteiger partial charge in [-0.3, -0.25) is 9.59 Å². The maximum Gasteiger partial charge on any atom is 0.310 e. The minimum atomic E-state index is -1.01. The van der Waals surface area contributed by atoms with Gasteiger partial charge in [0, 0.05) is 12.1 Å². The van der Waals surface area contributed by atoms with E-state index in [4.69, 9.17) is 25.8 Å². The summed E-state index contributed by atoms with van der Waals surface area (Å²) < 4.78 is 16.0. The summed E-state index contributed by atoms with van der Waals surface area (Å²) in [6.07, 6.45) is 0.595. The van der Waals surface area contributed by atoms with Crippen LogP contribution in [0.4, 0.5) is 5.69 Å². The van der Waals surface area contributed by atoms with Gasteiger partial charge in [0.1, 0.15) is 11.5 Å². The van der Waals surface area contributed by atoms with Crippen LogP contribution in [-0.4, -0.2) is 43.4 Å². The van der Waals surface area contributed by atoms with Crippen molar-refractivity contribution in [3.63, 3.8) is 0 Å². The maximum atomic E-state index is 12.7. The Labute approximate surface area is 143 Å². The fourth-order valence-electron chi connectivity index (χ4n) is 3.50. The van der Waals surface area contributed by atoms with E-state index in [-0.39, 0.29) is 6.10 Å². The van der Waals surface area contributed by atoms with Crippen LogP contribution in [0.2, 0.25) is 5.02 Å². The van der Waals surface area contributed by atoms with Crippen molar-refractivity contribution in [3.05, 3.63) is 17.2 Å². The van der Waals surface area contributed by atoms with Gasteiger partial charge in [0.05, 0.1) is 49.0 Å². The Balaban J connectivity index is 1.86. The smallest absolute Gasteiger partial charge is 0.310 e. The zero-order valence-electron chi connectivity index (χ0n) is 13.2. The highest BCUT2D eigenvalue weighted by Crippen LogP contribution is 2.44. The number of hydrogen-bond acceptors (Lipinski definition) is 5. The van der Waals surface area contributed by atoms with E-state index in [9.17, 15) is 14.7 Å². The molecule has 0 radical (unpaired) electrons. The van der Waals surface area contributed by atoms with Crippen molar-refractivity contribution >= 4 is 29.2 Å². The van der Waals surface area contributed by atoms with E-state index in [1.807, 2.05) is 0 Å². The van der Waals surface area contributed by atoms with Gasteiger partial charge in [-0.15, -0.1) is 0 Å². The van der Waals surface area contributed by atoms with Gasteiger partial charge in [0.25, 0.3) is 0 Å². The molecule has 2 bridgehead atoms. The summed E-state index contributed by atoms with van der Waals surface area (Å²) in [5, 5.41) is 12.5. The van der Waals surface area contributed by atoms with E-state index in [1.165, 1.54) is 20.3 Å². The van der Waals surface area contributed by atoms with Gasteiger partial charge in [-0.05, 0) is 12.8 Å². The molecule has 2 N–H and O–H groups in total. The van der Waals surface area contributed by atoms with Crippen LogP contribution >= 0.6 is 11.6 Å². The van der Waals surface area contributed by atoms with Gasteiger partial charge in [-0.2, -0.15) is 0 Å². The number of fused-ring (bicyclic) bond motifs is 2. The van der Waals surface area contributed by atoms with Crippen molar-refractivity contribution in [2.75, 3.05) is 19.5 Å². The van der Waals surface area contributed by atoms with E-state index >= 15 is 0 Å². The molecule has 2 aliphatic heterocycles. The summed E-state index contributed by atoms with van der Waals surface area (Å²) in [4.78, 5) is 24.2. The van der Waals surface area contributed by atoms with E-state index < -0.39 is 29.8 Å². The lowest BCUT2D eigenvalue weighted by molar-refractivity contribution is -0.147. The van der Waals surface area contributed by atoms with Crippen LogP contribution in [0.25, 0.3) is 0 Å². The summed E-state index contributed by atoms with van der Waals surface area (Å²) in [7, 11) is 2.91. The first-order valence-corrected chi connectivity index (χ1v) is 7.94. The summed E-state index contributed by atoms with van der Waals surface area (Å²) in [6.45, 7) is 0. The Morgan fingerprint density at radius 2 is 1.79 bits per heavy atom. The lowest BCUT2D eigenvalue weighted by Crippen LogP contribution is -2.41. The number of aliphatic carboxylic acids is 1. The lowest BCUT2D eigenvalue weighted by Gasteiger charge is -2.24. The first kappa shape index (κ1) is 16.9. The number of carbonyl (C=O) groups excluding carboxylic acids is 1. The fourth-order valence-corrected chi connectivity index (χ4v) is 3.73. The monoisotopic (exact) mass is 355 g/mol. The maximum absolute atomic E-state index is 12.7. The Morgan fingerprint density at radius 3 is 2.38 bits per heavy atom. The molecule has 7 nitrogen and oxygen atoms in total. The fraction of sp³-hybridized carbons (Fsp3) is 0.500. The Bertz CT molecular complexity index is 679. The summed E-state index contributed by atoms with van der Waals surface area (Å²) >= 11 is 6.04. The number of carboxylic acid groups (broad SMARTS) is 1. The van der Waals surface area contributed by atoms with Gasteiger partial charge < -0.3 is 24.6 Å². The second-order valence-electron chi connectivity index (χ2n) is 5.86. The highest BCUT2D eigenvalue weighted by Gasteiger charge is 2.55. The molecule has 1 aromatic rings. The van der Waals surface area contributed by atoms with Crippen molar-refractivity contribution in [1.29, 1.82) is 0 Å². The molecule has 1 amide bonds. The highest BCUT2D eigenvalue weighted by atomic mass is 35.5. The lowest BCUT2D eigenvalue weighted by atomic mass is 9.78. The van der Waals surface area contributed by atoms with E-state index in [2.05, 4.69) is 5.32 Å². The zero-order valence-corrected chi connectivity index (χ0v) is 14.0. The molecule has 2 saturated heterocycles. The second-order valence-corrected chi connectivity index (χ2v) is 6.26. The third-order valence-electron chi connectivity index (χ3n) is 4.59. The van der Waals surface area contributed by atoms with Gasteiger partial charge >= 0.3 is 5.97 Å². The Hall–Kier alpha value is -1.99. The number of amides is 1. The molecule has 4 atom stereocenters. The molecule has 130 valence electrons. The zero-order chi connectivity index (χ0) is 17.4. The normalized spacial score (nSPS) is 27.8. The Morgan fingerprint density at radius 1 is 1.17 bits per heavy atom. The third kappa shape index (κ3) is 2.78. The number of ether oxygens (including phenoxy) is 3. The number of carbonyl (C=O) groups is 2. The van der Waals surface area contributed by atoms with Crippen molar-refractivity contribution in [1.82, 2.24) is 0 Å². The van der Waals surface area contributed by atoms with Gasteiger partial charge in [-0.25, -0.2) is 0 Å². The average molecular weight is 356 g/mol. The molecule has 0 saturated carbocycles. The van der Waals surface area contributed by atoms with Gasteiger partial charge in [0.2, 0.25) is 5.91 Å². The van der Waals surface area contributed by atoms with Crippen molar-refractivity contribution in [3.8, 4) is 11.5 Å². The van der Waals surface area contributed by atoms with Crippen molar-refractivity contribution in [2.45, 2.75) is 25.0 Å². The molecule has 3 rings (SSSR count). The van der Waals surface area contributed by atoms with E-state index in [0.29, 0.717) is 35.1 Å². The molecule has 0 spiro atoms. The van der Waals surface area contributed by atoms with Crippen LogP contribution in [0.1, 0.15) is 12.8 Å². The predicted octanol–water partition coefficient (Wildman–Crippen LogP) is 2.17. The minimum Gasteiger partial charge on any atom is -0.495 e. The number of rotatable bonds is 5. The first-order valence-electron chi connectivity index (χ1n) is 7.57. The molecule has 1 aromatic carbocycles. The number of methoxy groups -OCH3 is 2. The minimum absolute atomic E-state index is 0.346. The van der Waals surface area contributed by atoms with E-state index in [0.717, 1.165) is 0 Å². The molecule has 0 unspecified atom stereocenters. The number of nitrogens with one attached hydrogen (secondary N) is 1. The van der Waals surface area contributed by atoms with Crippen molar-refractivity contribution < 1.29 is 28.9 Å². The highest BCUT2D eigenvalue weighted by molar-refractivity contribution is 6.32. The molecule has 24 heavy (non-hydrogen) atoms. The van der Waals surface area contributed by atoms with Crippen LogP contribution in [0.3, 0.4) is 0 Å². The number of hydrogen-bond donors (Lipinski definition) is 2. The van der Waals surface area contributed by atoms with Crippen LogP contribution in [0.5, 0.6) is 11.5 Å². The van der Waals surface area contributed by atoms with Crippen molar-refractivity contribution in [2.24, 2.45) is 11.8 Å². The van der Waals surface area contributed by atoms with Gasteiger partial charge in [0.15, 0.2) is 0 Å². The molecular formula is C16H18ClNO6. The quantitative estimate of drug-likeness (QED) is 0.840. The standard InChI is InChI=1S/C16H18ClNO6/c1-22-11-6-8(12(23-2)5-7(11)17)18-15(19)13-9-3-4-10(24-9)14(13)16(20)21/h5-6,9-10,13-14H,3-4H2,1-2H3,(H,18,19)(H,20,21)/t9-,10-,13+,14+/m1/s1. The molecule has 8 heteroatoms. The molecule has 0 aliphatic carbocycles. The molecular weight excluding hydrogens is 338 g/mol. The molecule has 0 aromatic heterocycles. The number of benzene rings is 1. The van der Waals surface area contributed by atoms with Crippen LogP contribution in [0, 0.1) is 11.8 Å². The topological polar surface area (TPSA) is 94.1 Å². The largest absolute Gasteiger partial charge is 0.495 e. The van der Waals surface area contributed by atoms with Crippen LogP contribution in [0.15, 0.2) is 12.1 Å². The number of anilines is 1. The van der Waals surface area contributed by atoms with Crippen LogP contribution in [-0.2, 0) is 14.3 Å². The number of carboxylic acids is 1. The predicted molar refractivity (Wildman–Crippen MR) is 85.7 cm³/mol. The summed E-state index contributed by atoms with van der Waals surface area (Å²) in [5.74, 6) is -2.23. The average Bonchev–Trinajstić information content (AvgIpc) is 3.16. The van der Waals surface area contributed by atoms with E-state index in [1.54, 1.807) is 6.07 Å².